The fourth-order valence-corrected chi connectivity index (χ4v) is 0.419. The molecule has 0 saturated heterocycles. The first-order chi connectivity index (χ1) is 4.57. The Morgan fingerprint density at radius 3 is 2.00 bits per heavy atom. The summed E-state index contributed by atoms with van der Waals surface area (Å²) in [4.78, 5) is 20.9. The van der Waals surface area contributed by atoms with Gasteiger partial charge in [0, 0.05) is 20.9 Å². The summed E-state index contributed by atoms with van der Waals surface area (Å²) in [6.07, 6.45) is 0. The zero-order valence-electron chi connectivity index (χ0n) is 6.21. The van der Waals surface area contributed by atoms with Gasteiger partial charge in [0.05, 0.1) is 0 Å². The lowest BCUT2D eigenvalue weighted by Crippen LogP contribution is -2.47. The van der Waals surface area contributed by atoms with Crippen molar-refractivity contribution in [1.29, 1.82) is 0 Å². The van der Waals surface area contributed by atoms with Gasteiger partial charge in [0.15, 0.2) is 0 Å². The Kier molecular flexibility index (Phi) is 3.42. The Labute approximate surface area is 59.3 Å². The van der Waals surface area contributed by atoms with Gasteiger partial charge in [0.25, 0.3) is 5.91 Å². The topological polar surface area (TPSA) is 63.5 Å². The molecule has 0 aliphatic rings. The molecule has 0 heterocycles. The number of carbonyl (C=O) groups is 2. The molecule has 0 rings (SSSR count). The summed E-state index contributed by atoms with van der Waals surface area (Å²) in [5.41, 5.74) is 5.69. The Morgan fingerprint density at radius 1 is 1.40 bits per heavy atom. The first-order valence-corrected chi connectivity index (χ1v) is 2.75. The fourth-order valence-electron chi connectivity index (χ4n) is 0.419. The maximum absolute atomic E-state index is 10.5. The molecule has 2 amide bonds. The number of nitrogens with zero attached hydrogens (tertiary/aromatic N) is 2. The number of amides is 2. The lowest BCUT2D eigenvalue weighted by molar-refractivity contribution is -0.142. The zero-order valence-corrected chi connectivity index (χ0v) is 6.21. The van der Waals surface area contributed by atoms with Crippen LogP contribution < -0.4 is 10.9 Å². The van der Waals surface area contributed by atoms with Crippen LogP contribution in [0.3, 0.4) is 0 Å². The number of carbonyl (C=O) groups excluding carboxylic acids is 2. The summed E-state index contributed by atoms with van der Waals surface area (Å²) in [6, 6.07) is 0. The molecule has 0 aliphatic carbocycles. The number of hydrazine groups is 1. The number of rotatable bonds is 1. The van der Waals surface area contributed by atoms with Crippen molar-refractivity contribution in [3.63, 3.8) is 0 Å². The molecule has 5 nitrogen and oxygen atoms in total. The van der Waals surface area contributed by atoms with Gasteiger partial charge in [-0.25, -0.2) is 5.43 Å². The van der Waals surface area contributed by atoms with E-state index in [2.05, 4.69) is 10.9 Å². The van der Waals surface area contributed by atoms with Crippen LogP contribution in [0.5, 0.6) is 0 Å². The van der Waals surface area contributed by atoms with Crippen LogP contribution in [0, 0.1) is 0 Å². The van der Waals surface area contributed by atoms with Crippen LogP contribution in [0.2, 0.25) is 0 Å². The van der Waals surface area contributed by atoms with Crippen molar-refractivity contribution in [2.24, 2.45) is 0 Å². The molecule has 0 bridgehead atoms. The molecule has 0 aromatic rings. The fraction of sp³-hybridized carbons (Fsp3) is 0.600. The molecule has 10 heavy (non-hydrogen) atoms. The highest BCUT2D eigenvalue weighted by atomic mass is 16.2. The number of hydrogen-bond acceptors (Lipinski definition) is 2. The Hall–Kier alpha value is -1.10. The SMILES string of the molecule is C[N]N(NC(C)=O)C(C)=O. The molecule has 0 unspecified atom stereocenters. The second-order valence-electron chi connectivity index (χ2n) is 1.70. The molecule has 5 heteroatoms. The van der Waals surface area contributed by atoms with Crippen LogP contribution in [0.1, 0.15) is 13.8 Å². The average Bonchev–Trinajstić information content (AvgIpc) is 1.81. The van der Waals surface area contributed by atoms with Gasteiger partial charge in [-0.2, -0.15) is 5.12 Å². The molecule has 0 saturated carbocycles. The van der Waals surface area contributed by atoms with Crippen molar-refractivity contribution in [2.75, 3.05) is 7.05 Å². The van der Waals surface area contributed by atoms with Gasteiger partial charge in [-0.05, 0) is 0 Å². The van der Waals surface area contributed by atoms with E-state index in [-0.39, 0.29) is 11.8 Å². The van der Waals surface area contributed by atoms with Gasteiger partial charge in [-0.3, -0.25) is 9.59 Å². The average molecular weight is 144 g/mol. The summed E-state index contributed by atoms with van der Waals surface area (Å²) in [7, 11) is 1.41. The van der Waals surface area contributed by atoms with Gasteiger partial charge in [-0.1, -0.05) is 0 Å². The molecule has 0 fully saturated rings. The summed E-state index contributed by atoms with van der Waals surface area (Å²) < 4.78 is 0. The number of nitrogens with one attached hydrogen (secondary N) is 1. The third-order valence-electron chi connectivity index (χ3n) is 0.762. The molecule has 57 valence electrons. The maximum atomic E-state index is 10.5. The lowest BCUT2D eigenvalue weighted by atomic mass is 10.7. The van der Waals surface area contributed by atoms with Crippen molar-refractivity contribution in [2.45, 2.75) is 13.8 Å². The highest BCUT2D eigenvalue weighted by molar-refractivity contribution is 5.78. The van der Waals surface area contributed by atoms with Crippen molar-refractivity contribution in [1.82, 2.24) is 16.0 Å². The molecule has 1 N–H and O–H groups in total. The van der Waals surface area contributed by atoms with E-state index >= 15 is 0 Å². The number of hydrogen-bond donors (Lipinski definition) is 1. The maximum Gasteiger partial charge on any atom is 0.254 e. The van der Waals surface area contributed by atoms with Crippen molar-refractivity contribution < 1.29 is 9.59 Å². The minimum Gasteiger partial charge on any atom is -0.274 e. The molecule has 0 aromatic carbocycles. The Bertz CT molecular complexity index is 146. The van der Waals surface area contributed by atoms with Gasteiger partial charge >= 0.3 is 0 Å². The normalized spacial score (nSPS) is 8.70. The van der Waals surface area contributed by atoms with E-state index in [9.17, 15) is 9.59 Å². The van der Waals surface area contributed by atoms with Gasteiger partial charge in [-0.15, -0.1) is 5.43 Å². The molecule has 0 aliphatic heterocycles. The van der Waals surface area contributed by atoms with Gasteiger partial charge < -0.3 is 0 Å². The molecular formula is C5H10N3O2. The predicted octanol–water partition coefficient (Wildman–Crippen LogP) is -0.965. The van der Waals surface area contributed by atoms with Crippen molar-refractivity contribution in [3.8, 4) is 0 Å². The Balaban J connectivity index is 3.83. The highest BCUT2D eigenvalue weighted by Crippen LogP contribution is 1.76. The van der Waals surface area contributed by atoms with E-state index in [0.717, 1.165) is 5.12 Å². The minimum absolute atomic E-state index is 0.319. The van der Waals surface area contributed by atoms with Crippen LogP contribution in [0.25, 0.3) is 0 Å². The first-order valence-electron chi connectivity index (χ1n) is 2.75. The van der Waals surface area contributed by atoms with E-state index in [0.29, 0.717) is 0 Å². The van der Waals surface area contributed by atoms with Gasteiger partial charge in [0.2, 0.25) is 5.91 Å². The van der Waals surface area contributed by atoms with Crippen LogP contribution >= 0.6 is 0 Å². The van der Waals surface area contributed by atoms with E-state index in [4.69, 9.17) is 0 Å². The third kappa shape index (κ3) is 3.03. The molecule has 0 atom stereocenters. The quantitative estimate of drug-likeness (QED) is 0.481. The smallest absolute Gasteiger partial charge is 0.254 e. The summed E-state index contributed by atoms with van der Waals surface area (Å²) in [6.45, 7) is 2.62. The highest BCUT2D eigenvalue weighted by Gasteiger charge is 2.06. The standard InChI is InChI=1S/C5H10N3O2/c1-4(9)7-8(6-3)5(2)10/h1-3H3,(H,7,9). The van der Waals surface area contributed by atoms with E-state index in [1.54, 1.807) is 0 Å². The third-order valence-corrected chi connectivity index (χ3v) is 0.762. The minimum atomic E-state index is -0.322. The van der Waals surface area contributed by atoms with E-state index in [1.165, 1.54) is 20.9 Å². The molecule has 1 radical (unpaired) electrons. The second kappa shape index (κ2) is 3.84. The second-order valence-corrected chi connectivity index (χ2v) is 1.70. The monoisotopic (exact) mass is 144 g/mol. The lowest BCUT2D eigenvalue weighted by Gasteiger charge is -2.15. The zero-order chi connectivity index (χ0) is 8.15. The van der Waals surface area contributed by atoms with Crippen molar-refractivity contribution >= 4 is 11.8 Å². The van der Waals surface area contributed by atoms with Gasteiger partial charge in [0.1, 0.15) is 0 Å². The molecular weight excluding hydrogens is 134 g/mol. The Morgan fingerprint density at radius 2 is 1.90 bits per heavy atom. The van der Waals surface area contributed by atoms with E-state index in [1.807, 2.05) is 0 Å². The van der Waals surface area contributed by atoms with Crippen molar-refractivity contribution in [3.05, 3.63) is 0 Å². The van der Waals surface area contributed by atoms with Crippen LogP contribution in [-0.2, 0) is 9.59 Å². The summed E-state index contributed by atoms with van der Waals surface area (Å²) in [5.74, 6) is -0.640. The summed E-state index contributed by atoms with van der Waals surface area (Å²) in [5, 5.41) is 0.877. The largest absolute Gasteiger partial charge is 0.274 e. The van der Waals surface area contributed by atoms with E-state index < -0.39 is 0 Å². The summed E-state index contributed by atoms with van der Waals surface area (Å²) >= 11 is 0. The molecule has 0 aromatic heterocycles. The van der Waals surface area contributed by atoms with Crippen LogP contribution in [0.4, 0.5) is 0 Å². The van der Waals surface area contributed by atoms with Crippen LogP contribution in [0.15, 0.2) is 0 Å². The van der Waals surface area contributed by atoms with Crippen LogP contribution in [-0.4, -0.2) is 24.0 Å². The molecule has 0 spiro atoms. The predicted molar refractivity (Wildman–Crippen MR) is 34.4 cm³/mol. The first kappa shape index (κ1) is 8.90.